The minimum atomic E-state index is -0.291. The Kier molecular flexibility index (Phi) is 5.52. The molecule has 0 amide bonds. The number of nitrogen functional groups attached to an aromatic ring is 1. The van der Waals surface area contributed by atoms with E-state index in [-0.39, 0.29) is 17.3 Å². The Hall–Kier alpha value is -1.52. The van der Waals surface area contributed by atoms with Crippen LogP contribution in [0, 0.1) is 0 Å². The molecular formula is C12H22N4O. The van der Waals surface area contributed by atoms with Gasteiger partial charge in [0.05, 0.1) is 6.33 Å². The molecule has 0 fully saturated rings. The van der Waals surface area contributed by atoms with E-state index in [1.54, 1.807) is 0 Å². The van der Waals surface area contributed by atoms with Gasteiger partial charge in [-0.1, -0.05) is 32.6 Å². The molecular weight excluding hydrogens is 216 g/mol. The molecule has 0 aliphatic heterocycles. The standard InChI is InChI=1S/C12H22N4O/c1-3-4-5-6-7-9(2)16-11-10(13)12(17)15-8-14-11/h8-9H,3-7,13H2,1-2H3,(H2,14,15,16,17). The molecule has 1 unspecified atom stereocenters. The molecule has 1 aromatic heterocycles. The lowest BCUT2D eigenvalue weighted by Gasteiger charge is -2.14. The van der Waals surface area contributed by atoms with E-state index in [0.29, 0.717) is 5.82 Å². The van der Waals surface area contributed by atoms with Crippen molar-refractivity contribution in [2.45, 2.75) is 52.0 Å². The minimum Gasteiger partial charge on any atom is -0.391 e. The maximum absolute atomic E-state index is 11.3. The van der Waals surface area contributed by atoms with Gasteiger partial charge in [-0.3, -0.25) is 4.79 Å². The third-order valence-electron chi connectivity index (χ3n) is 2.76. The Bertz CT molecular complexity index is 388. The monoisotopic (exact) mass is 238 g/mol. The quantitative estimate of drug-likeness (QED) is 0.635. The molecule has 0 saturated carbocycles. The number of nitrogens with zero attached hydrogens (tertiary/aromatic N) is 1. The zero-order chi connectivity index (χ0) is 12.7. The lowest BCUT2D eigenvalue weighted by atomic mass is 10.1. The van der Waals surface area contributed by atoms with E-state index in [0.717, 1.165) is 6.42 Å². The molecule has 1 aromatic rings. The highest BCUT2D eigenvalue weighted by Crippen LogP contribution is 2.12. The lowest BCUT2D eigenvalue weighted by Crippen LogP contribution is -2.21. The van der Waals surface area contributed by atoms with Crippen molar-refractivity contribution in [3.8, 4) is 0 Å². The average molecular weight is 238 g/mol. The molecule has 4 N–H and O–H groups in total. The van der Waals surface area contributed by atoms with Gasteiger partial charge in [-0.05, 0) is 13.3 Å². The molecule has 0 saturated heterocycles. The van der Waals surface area contributed by atoms with Crippen LogP contribution >= 0.6 is 0 Å². The number of anilines is 2. The van der Waals surface area contributed by atoms with E-state index < -0.39 is 0 Å². The van der Waals surface area contributed by atoms with Crippen LogP contribution in [0.1, 0.15) is 46.0 Å². The first-order valence-corrected chi connectivity index (χ1v) is 6.24. The third kappa shape index (κ3) is 4.46. The summed E-state index contributed by atoms with van der Waals surface area (Å²) < 4.78 is 0. The average Bonchev–Trinajstić information content (AvgIpc) is 2.31. The molecule has 0 aromatic carbocycles. The highest BCUT2D eigenvalue weighted by molar-refractivity contribution is 5.59. The van der Waals surface area contributed by atoms with Crippen LogP contribution < -0.4 is 16.6 Å². The fourth-order valence-electron chi connectivity index (χ4n) is 1.71. The van der Waals surface area contributed by atoms with Crippen molar-refractivity contribution >= 4 is 11.5 Å². The molecule has 1 rings (SSSR count). The van der Waals surface area contributed by atoms with Gasteiger partial charge < -0.3 is 16.0 Å². The van der Waals surface area contributed by atoms with Crippen LogP contribution in [-0.2, 0) is 0 Å². The summed E-state index contributed by atoms with van der Waals surface area (Å²) in [6.07, 6.45) is 7.38. The summed E-state index contributed by atoms with van der Waals surface area (Å²) in [5.41, 5.74) is 5.51. The molecule has 0 spiro atoms. The summed E-state index contributed by atoms with van der Waals surface area (Å²) in [7, 11) is 0. The number of rotatable bonds is 7. The Labute approximate surface area is 102 Å². The molecule has 0 aliphatic rings. The summed E-state index contributed by atoms with van der Waals surface area (Å²) >= 11 is 0. The molecule has 0 radical (unpaired) electrons. The molecule has 96 valence electrons. The van der Waals surface area contributed by atoms with Gasteiger partial charge in [0.15, 0.2) is 5.82 Å². The van der Waals surface area contributed by atoms with Crippen molar-refractivity contribution in [1.82, 2.24) is 9.97 Å². The third-order valence-corrected chi connectivity index (χ3v) is 2.76. The van der Waals surface area contributed by atoms with Gasteiger partial charge in [0, 0.05) is 6.04 Å². The van der Waals surface area contributed by atoms with Crippen LogP contribution in [0.3, 0.4) is 0 Å². The molecule has 5 heteroatoms. The van der Waals surface area contributed by atoms with Gasteiger partial charge >= 0.3 is 0 Å². The van der Waals surface area contributed by atoms with Crippen molar-refractivity contribution in [2.24, 2.45) is 0 Å². The van der Waals surface area contributed by atoms with Crippen LogP contribution in [-0.4, -0.2) is 16.0 Å². The van der Waals surface area contributed by atoms with Crippen molar-refractivity contribution in [2.75, 3.05) is 11.1 Å². The molecule has 17 heavy (non-hydrogen) atoms. The minimum absolute atomic E-state index is 0.160. The normalized spacial score (nSPS) is 12.4. The number of aromatic nitrogens is 2. The number of nitrogens with one attached hydrogen (secondary N) is 2. The van der Waals surface area contributed by atoms with Crippen molar-refractivity contribution in [3.05, 3.63) is 16.7 Å². The highest BCUT2D eigenvalue weighted by atomic mass is 16.1. The Morgan fingerprint density at radius 2 is 2.24 bits per heavy atom. The fourth-order valence-corrected chi connectivity index (χ4v) is 1.71. The summed E-state index contributed by atoms with van der Waals surface area (Å²) in [4.78, 5) is 17.7. The first-order chi connectivity index (χ1) is 8.15. The number of hydrogen-bond donors (Lipinski definition) is 3. The predicted octanol–water partition coefficient (Wildman–Crippen LogP) is 2.12. The highest BCUT2D eigenvalue weighted by Gasteiger charge is 2.07. The summed E-state index contributed by atoms with van der Waals surface area (Å²) in [5.74, 6) is 0.483. The van der Waals surface area contributed by atoms with Crippen molar-refractivity contribution in [3.63, 3.8) is 0 Å². The number of hydrogen-bond acceptors (Lipinski definition) is 4. The Balaban J connectivity index is 2.42. The maximum Gasteiger partial charge on any atom is 0.276 e. The number of H-pyrrole nitrogens is 1. The van der Waals surface area contributed by atoms with E-state index in [1.807, 2.05) is 0 Å². The summed E-state index contributed by atoms with van der Waals surface area (Å²) in [6, 6.07) is 0.281. The van der Waals surface area contributed by atoms with Crippen LogP contribution in [0.4, 0.5) is 11.5 Å². The topological polar surface area (TPSA) is 83.8 Å². The first kappa shape index (κ1) is 13.5. The number of aromatic amines is 1. The SMILES string of the molecule is CCCCCCC(C)Nc1nc[nH]c(=O)c1N. The largest absolute Gasteiger partial charge is 0.391 e. The van der Waals surface area contributed by atoms with Crippen LogP contribution in [0.5, 0.6) is 0 Å². The van der Waals surface area contributed by atoms with Gasteiger partial charge in [-0.25, -0.2) is 4.98 Å². The second kappa shape index (κ2) is 6.93. The maximum atomic E-state index is 11.3. The van der Waals surface area contributed by atoms with Gasteiger partial charge in [-0.15, -0.1) is 0 Å². The van der Waals surface area contributed by atoms with Gasteiger partial charge in [-0.2, -0.15) is 0 Å². The predicted molar refractivity (Wildman–Crippen MR) is 71.1 cm³/mol. The molecule has 5 nitrogen and oxygen atoms in total. The Morgan fingerprint density at radius 1 is 1.47 bits per heavy atom. The molecule has 1 atom stereocenters. The van der Waals surface area contributed by atoms with Crippen molar-refractivity contribution < 1.29 is 0 Å². The van der Waals surface area contributed by atoms with E-state index >= 15 is 0 Å². The second-order valence-electron chi connectivity index (χ2n) is 4.39. The zero-order valence-electron chi connectivity index (χ0n) is 10.6. The van der Waals surface area contributed by atoms with Crippen LogP contribution in [0.15, 0.2) is 11.1 Å². The van der Waals surface area contributed by atoms with E-state index in [9.17, 15) is 4.79 Å². The Morgan fingerprint density at radius 3 is 2.94 bits per heavy atom. The zero-order valence-corrected chi connectivity index (χ0v) is 10.6. The fraction of sp³-hybridized carbons (Fsp3) is 0.667. The first-order valence-electron chi connectivity index (χ1n) is 6.24. The van der Waals surface area contributed by atoms with E-state index in [1.165, 1.54) is 32.0 Å². The van der Waals surface area contributed by atoms with E-state index in [2.05, 4.69) is 29.1 Å². The van der Waals surface area contributed by atoms with Gasteiger partial charge in [0.1, 0.15) is 5.69 Å². The molecule has 0 bridgehead atoms. The van der Waals surface area contributed by atoms with Gasteiger partial charge in [0.25, 0.3) is 5.56 Å². The summed E-state index contributed by atoms with van der Waals surface area (Å²) in [6.45, 7) is 4.27. The molecule has 0 aliphatic carbocycles. The van der Waals surface area contributed by atoms with Crippen LogP contribution in [0.25, 0.3) is 0 Å². The molecule has 1 heterocycles. The smallest absolute Gasteiger partial charge is 0.276 e. The summed E-state index contributed by atoms with van der Waals surface area (Å²) in [5, 5.41) is 3.17. The number of unbranched alkanes of at least 4 members (excludes halogenated alkanes) is 3. The van der Waals surface area contributed by atoms with Crippen LogP contribution in [0.2, 0.25) is 0 Å². The second-order valence-corrected chi connectivity index (χ2v) is 4.39. The van der Waals surface area contributed by atoms with Gasteiger partial charge in [0.2, 0.25) is 0 Å². The van der Waals surface area contributed by atoms with Crippen molar-refractivity contribution in [1.29, 1.82) is 0 Å². The number of nitrogens with two attached hydrogens (primary N) is 1. The van der Waals surface area contributed by atoms with E-state index in [4.69, 9.17) is 5.73 Å². The lowest BCUT2D eigenvalue weighted by molar-refractivity contribution is 0.593.